The summed E-state index contributed by atoms with van der Waals surface area (Å²) < 4.78 is 5.62. The highest BCUT2D eigenvalue weighted by molar-refractivity contribution is 6.20. The standard InChI is InChI=1S/C27H24N4O5/c1-3-36-24-16-20(28-17(2)32)11-14-22(24)26(34)30-31-25(19-7-5-4-6-8-19)29-23(27(31)35)15-18-9-12-21(33)13-10-18/h4-16,33H,3H2,1-2H3,(H,28,32)(H,30,34). The number of amidine groups is 1. The molecule has 4 rings (SSSR count). The van der Waals surface area contributed by atoms with Crippen molar-refractivity contribution in [3.63, 3.8) is 0 Å². The van der Waals surface area contributed by atoms with E-state index < -0.39 is 11.8 Å². The van der Waals surface area contributed by atoms with Gasteiger partial charge in [0.15, 0.2) is 5.84 Å². The highest BCUT2D eigenvalue weighted by Crippen LogP contribution is 2.26. The van der Waals surface area contributed by atoms with E-state index >= 15 is 0 Å². The number of carbonyl (C=O) groups excluding carboxylic acids is 3. The number of hydrogen-bond donors (Lipinski definition) is 3. The lowest BCUT2D eigenvalue weighted by atomic mass is 10.1. The van der Waals surface area contributed by atoms with E-state index in [9.17, 15) is 19.5 Å². The minimum atomic E-state index is -0.587. The molecule has 0 fully saturated rings. The van der Waals surface area contributed by atoms with E-state index in [1.807, 2.05) is 6.07 Å². The Morgan fingerprint density at radius 2 is 1.78 bits per heavy atom. The predicted molar refractivity (Wildman–Crippen MR) is 135 cm³/mol. The van der Waals surface area contributed by atoms with Crippen LogP contribution in [0.1, 0.15) is 35.3 Å². The van der Waals surface area contributed by atoms with Crippen LogP contribution in [0.3, 0.4) is 0 Å². The number of amides is 3. The maximum atomic E-state index is 13.3. The largest absolute Gasteiger partial charge is 0.508 e. The number of anilines is 1. The number of benzene rings is 3. The molecule has 3 amide bonds. The molecule has 36 heavy (non-hydrogen) atoms. The van der Waals surface area contributed by atoms with Gasteiger partial charge in [0.25, 0.3) is 11.8 Å². The highest BCUT2D eigenvalue weighted by atomic mass is 16.5. The SMILES string of the molecule is CCOc1cc(NC(C)=O)ccc1C(=O)NN1C(=O)C(=Cc2ccc(O)cc2)N=C1c1ccccc1. The zero-order chi connectivity index (χ0) is 25.7. The minimum absolute atomic E-state index is 0.104. The number of nitrogens with one attached hydrogen (secondary N) is 2. The van der Waals surface area contributed by atoms with Gasteiger partial charge in [0, 0.05) is 24.2 Å². The van der Waals surface area contributed by atoms with E-state index in [2.05, 4.69) is 15.7 Å². The highest BCUT2D eigenvalue weighted by Gasteiger charge is 2.33. The zero-order valence-corrected chi connectivity index (χ0v) is 19.7. The fourth-order valence-electron chi connectivity index (χ4n) is 3.56. The Balaban J connectivity index is 1.67. The number of aliphatic imine (C=N–C) groups is 1. The van der Waals surface area contributed by atoms with Crippen LogP contribution in [0, 0.1) is 0 Å². The third kappa shape index (κ3) is 5.41. The summed E-state index contributed by atoms with van der Waals surface area (Å²) in [6.45, 7) is 3.45. The molecule has 9 nitrogen and oxygen atoms in total. The van der Waals surface area contributed by atoms with E-state index in [1.54, 1.807) is 61.5 Å². The lowest BCUT2D eigenvalue weighted by Gasteiger charge is -2.20. The second-order valence-electron chi connectivity index (χ2n) is 7.83. The van der Waals surface area contributed by atoms with E-state index in [0.29, 0.717) is 23.4 Å². The molecule has 0 spiro atoms. The molecule has 0 aromatic heterocycles. The number of phenols is 1. The van der Waals surface area contributed by atoms with E-state index in [1.165, 1.54) is 25.1 Å². The fourth-order valence-corrected chi connectivity index (χ4v) is 3.56. The lowest BCUT2D eigenvalue weighted by molar-refractivity contribution is -0.124. The van der Waals surface area contributed by atoms with Crippen molar-refractivity contribution in [2.75, 3.05) is 11.9 Å². The number of hydrogen-bond acceptors (Lipinski definition) is 6. The van der Waals surface area contributed by atoms with Gasteiger partial charge in [0.1, 0.15) is 17.2 Å². The second kappa shape index (κ2) is 10.6. The number of ether oxygens (including phenoxy) is 1. The van der Waals surface area contributed by atoms with Crippen molar-refractivity contribution in [3.05, 3.63) is 95.2 Å². The van der Waals surface area contributed by atoms with Crippen molar-refractivity contribution in [3.8, 4) is 11.5 Å². The molecule has 9 heteroatoms. The first kappa shape index (κ1) is 24.2. The van der Waals surface area contributed by atoms with Crippen LogP contribution in [0.4, 0.5) is 5.69 Å². The van der Waals surface area contributed by atoms with Crippen LogP contribution in [-0.2, 0) is 9.59 Å². The maximum Gasteiger partial charge on any atom is 0.297 e. The van der Waals surface area contributed by atoms with Crippen molar-refractivity contribution < 1.29 is 24.2 Å². The summed E-state index contributed by atoms with van der Waals surface area (Å²) in [5.41, 5.74) is 4.71. The summed E-state index contributed by atoms with van der Waals surface area (Å²) >= 11 is 0. The minimum Gasteiger partial charge on any atom is -0.508 e. The van der Waals surface area contributed by atoms with E-state index in [4.69, 9.17) is 4.74 Å². The third-order valence-corrected chi connectivity index (χ3v) is 5.15. The Bertz CT molecular complexity index is 1360. The molecular formula is C27H24N4O5. The van der Waals surface area contributed by atoms with Gasteiger partial charge in [-0.3, -0.25) is 19.8 Å². The van der Waals surface area contributed by atoms with Crippen molar-refractivity contribution in [1.82, 2.24) is 10.4 Å². The van der Waals surface area contributed by atoms with E-state index in [-0.39, 0.29) is 34.5 Å². The number of nitrogens with zero attached hydrogens (tertiary/aromatic N) is 2. The average molecular weight is 485 g/mol. The van der Waals surface area contributed by atoms with Crippen LogP contribution in [-0.4, -0.2) is 40.3 Å². The Labute approximate surface area is 207 Å². The molecule has 3 N–H and O–H groups in total. The summed E-state index contributed by atoms with van der Waals surface area (Å²) in [5, 5.41) is 13.3. The number of aromatic hydroxyl groups is 1. The molecule has 0 saturated heterocycles. The first-order chi connectivity index (χ1) is 17.4. The smallest absolute Gasteiger partial charge is 0.297 e. The Morgan fingerprint density at radius 1 is 1.06 bits per heavy atom. The van der Waals surface area contributed by atoms with Crippen LogP contribution >= 0.6 is 0 Å². The molecule has 182 valence electrons. The van der Waals surface area contributed by atoms with Gasteiger partial charge in [-0.1, -0.05) is 42.5 Å². The molecule has 1 aliphatic heterocycles. The van der Waals surface area contributed by atoms with Gasteiger partial charge in [-0.2, -0.15) is 5.01 Å². The van der Waals surface area contributed by atoms with Gasteiger partial charge in [-0.05, 0) is 42.8 Å². The topological polar surface area (TPSA) is 120 Å². The van der Waals surface area contributed by atoms with Crippen molar-refractivity contribution in [2.24, 2.45) is 4.99 Å². The number of carbonyl (C=O) groups is 3. The number of rotatable bonds is 7. The molecule has 3 aromatic rings. The summed E-state index contributed by atoms with van der Waals surface area (Å²) in [6.07, 6.45) is 1.57. The predicted octanol–water partition coefficient (Wildman–Crippen LogP) is 3.72. The van der Waals surface area contributed by atoms with Crippen LogP contribution in [0.5, 0.6) is 11.5 Å². The quantitative estimate of drug-likeness (QED) is 0.442. The summed E-state index contributed by atoms with van der Waals surface area (Å²) in [7, 11) is 0. The maximum absolute atomic E-state index is 13.3. The van der Waals surface area contributed by atoms with Gasteiger partial charge < -0.3 is 15.2 Å². The average Bonchev–Trinajstić information content (AvgIpc) is 3.16. The lowest BCUT2D eigenvalue weighted by Crippen LogP contribution is -2.47. The van der Waals surface area contributed by atoms with Gasteiger partial charge >= 0.3 is 0 Å². The molecule has 0 radical (unpaired) electrons. The summed E-state index contributed by atoms with van der Waals surface area (Å²) in [6, 6.07) is 20.0. The van der Waals surface area contributed by atoms with Gasteiger partial charge in [0.2, 0.25) is 5.91 Å². The van der Waals surface area contributed by atoms with Crippen LogP contribution in [0.25, 0.3) is 6.08 Å². The summed E-state index contributed by atoms with van der Waals surface area (Å²) in [4.78, 5) is 42.5. The number of hydrazine groups is 1. The molecule has 3 aromatic carbocycles. The molecule has 0 aliphatic carbocycles. The first-order valence-corrected chi connectivity index (χ1v) is 11.2. The van der Waals surface area contributed by atoms with Gasteiger partial charge in [-0.25, -0.2) is 4.99 Å². The molecule has 1 aliphatic rings. The Hall–Kier alpha value is -4.92. The van der Waals surface area contributed by atoms with Gasteiger partial charge in [-0.15, -0.1) is 0 Å². The summed E-state index contributed by atoms with van der Waals surface area (Å²) in [5.74, 6) is -0.752. The molecule has 0 saturated carbocycles. The fraction of sp³-hybridized carbons (Fsp3) is 0.111. The van der Waals surface area contributed by atoms with Crippen molar-refractivity contribution in [2.45, 2.75) is 13.8 Å². The zero-order valence-electron chi connectivity index (χ0n) is 19.7. The first-order valence-electron chi connectivity index (χ1n) is 11.2. The Morgan fingerprint density at radius 3 is 2.44 bits per heavy atom. The van der Waals surface area contributed by atoms with Crippen molar-refractivity contribution in [1.29, 1.82) is 0 Å². The van der Waals surface area contributed by atoms with Gasteiger partial charge in [0.05, 0.1) is 12.2 Å². The number of phenolic OH excluding ortho intramolecular Hbond substituents is 1. The Kier molecular flexibility index (Phi) is 7.10. The third-order valence-electron chi connectivity index (χ3n) is 5.15. The van der Waals surface area contributed by atoms with Crippen LogP contribution < -0.4 is 15.5 Å². The second-order valence-corrected chi connectivity index (χ2v) is 7.83. The van der Waals surface area contributed by atoms with Crippen LogP contribution in [0.2, 0.25) is 0 Å². The van der Waals surface area contributed by atoms with Crippen molar-refractivity contribution >= 4 is 35.3 Å². The molecule has 1 heterocycles. The monoisotopic (exact) mass is 484 g/mol. The van der Waals surface area contributed by atoms with E-state index in [0.717, 1.165) is 5.01 Å². The molecule has 0 atom stereocenters. The molecule has 0 unspecified atom stereocenters. The van der Waals surface area contributed by atoms with Crippen LogP contribution in [0.15, 0.2) is 83.5 Å². The normalized spacial score (nSPS) is 13.9. The molecular weight excluding hydrogens is 460 g/mol. The molecule has 0 bridgehead atoms.